The summed E-state index contributed by atoms with van der Waals surface area (Å²) in [6.07, 6.45) is 0. The number of hydrogen-bond donors (Lipinski definition) is 3. The number of hydrogen-bond acceptors (Lipinski definition) is 8. The smallest absolute Gasteiger partial charge is 0.338 e. The van der Waals surface area contributed by atoms with Crippen molar-refractivity contribution in [1.82, 2.24) is 44.9 Å². The Kier molecular flexibility index (Phi) is 5.82. The standard InChI is InChI=1S/C30H18N12/c1-33-24(29-38-22-12-6-7-13-23(22)39-29)30-41-27(16(14-31)25-34-18-8-2-3-9-19(18)35-25)40-28(42-30)17(15-32)26-36-20-10-4-5-11-21(20)37-26/h2-13,16-17,24H,(H,34,35)(H,36,37)(H,38,39). The van der Waals surface area contributed by atoms with E-state index in [-0.39, 0.29) is 17.5 Å². The van der Waals surface area contributed by atoms with Crippen LogP contribution in [0.1, 0.15) is 52.8 Å². The minimum absolute atomic E-state index is 0.0526. The molecule has 7 aromatic rings. The van der Waals surface area contributed by atoms with Gasteiger partial charge in [0.25, 0.3) is 0 Å². The Hall–Kier alpha value is -6.45. The molecule has 0 aliphatic rings. The van der Waals surface area contributed by atoms with Gasteiger partial charge in [-0.05, 0) is 36.4 Å². The van der Waals surface area contributed by atoms with Crippen molar-refractivity contribution in [2.24, 2.45) is 0 Å². The first kappa shape index (κ1) is 24.6. The first-order valence-electron chi connectivity index (χ1n) is 12.9. The third-order valence-corrected chi connectivity index (χ3v) is 6.86. The molecule has 3 unspecified atom stereocenters. The lowest BCUT2D eigenvalue weighted by molar-refractivity contribution is 0.702. The zero-order valence-corrected chi connectivity index (χ0v) is 21.7. The molecule has 7 rings (SSSR count). The lowest BCUT2D eigenvalue weighted by Gasteiger charge is -2.12. The molecule has 0 amide bonds. The molecule has 3 N–H and O–H groups in total. The number of nitrogens with one attached hydrogen (secondary N) is 3. The maximum Gasteiger partial charge on any atom is 0.338 e. The molecule has 12 heteroatoms. The fourth-order valence-electron chi connectivity index (χ4n) is 4.85. The van der Waals surface area contributed by atoms with Gasteiger partial charge in [0.05, 0.1) is 45.2 Å². The summed E-state index contributed by atoms with van der Waals surface area (Å²) in [5.41, 5.74) is 4.30. The fraction of sp³-hybridized carbons (Fsp3) is 0.100. The summed E-state index contributed by atoms with van der Waals surface area (Å²) in [4.78, 5) is 40.9. The van der Waals surface area contributed by atoms with Crippen molar-refractivity contribution in [2.75, 3.05) is 0 Å². The van der Waals surface area contributed by atoms with Crippen LogP contribution in [0, 0.1) is 29.2 Å². The summed E-state index contributed by atoms with van der Waals surface area (Å²) in [7, 11) is 0. The molecule has 198 valence electrons. The van der Waals surface area contributed by atoms with E-state index in [2.05, 4.69) is 61.8 Å². The van der Waals surface area contributed by atoms with Gasteiger partial charge in [0, 0.05) is 0 Å². The van der Waals surface area contributed by atoms with E-state index < -0.39 is 17.9 Å². The van der Waals surface area contributed by atoms with Gasteiger partial charge in [-0.3, -0.25) is 4.85 Å². The lowest BCUT2D eigenvalue weighted by atomic mass is 10.1. The highest BCUT2D eigenvalue weighted by Crippen LogP contribution is 2.30. The third kappa shape index (κ3) is 4.15. The van der Waals surface area contributed by atoms with E-state index in [0.717, 1.165) is 16.6 Å². The van der Waals surface area contributed by atoms with Crippen molar-refractivity contribution in [3.63, 3.8) is 0 Å². The van der Waals surface area contributed by atoms with E-state index in [1.165, 1.54) is 0 Å². The van der Waals surface area contributed by atoms with E-state index in [4.69, 9.17) is 6.57 Å². The molecule has 0 aliphatic carbocycles. The largest absolute Gasteiger partial charge is 0.340 e. The first-order valence-corrected chi connectivity index (χ1v) is 12.9. The Morgan fingerprint density at radius 1 is 0.548 bits per heavy atom. The van der Waals surface area contributed by atoms with Gasteiger partial charge in [-0.15, -0.1) is 0 Å². The highest BCUT2D eigenvalue weighted by Gasteiger charge is 2.33. The highest BCUT2D eigenvalue weighted by atomic mass is 15.1. The minimum Gasteiger partial charge on any atom is -0.340 e. The molecule has 0 fully saturated rings. The average Bonchev–Trinajstić information content (AvgIpc) is 3.75. The van der Waals surface area contributed by atoms with Gasteiger partial charge < -0.3 is 15.0 Å². The predicted molar refractivity (Wildman–Crippen MR) is 151 cm³/mol. The molecule has 0 spiro atoms. The third-order valence-electron chi connectivity index (χ3n) is 6.86. The second-order valence-corrected chi connectivity index (χ2v) is 9.48. The summed E-state index contributed by atoms with van der Waals surface area (Å²) >= 11 is 0. The summed E-state index contributed by atoms with van der Waals surface area (Å²) < 4.78 is 0. The second-order valence-electron chi connectivity index (χ2n) is 9.48. The Bertz CT molecular complexity index is 1870. The number of benzene rings is 3. The number of aromatic amines is 3. The van der Waals surface area contributed by atoms with Gasteiger partial charge in [-0.1, -0.05) is 36.4 Å². The van der Waals surface area contributed by atoms with Crippen molar-refractivity contribution in [1.29, 1.82) is 10.5 Å². The molecule has 12 nitrogen and oxygen atoms in total. The summed E-state index contributed by atoms with van der Waals surface area (Å²) in [6.45, 7) is 8.03. The molecular formula is C30H18N12. The van der Waals surface area contributed by atoms with E-state index in [9.17, 15) is 10.5 Å². The number of nitriles is 2. The van der Waals surface area contributed by atoms with Gasteiger partial charge in [-0.2, -0.15) is 10.5 Å². The highest BCUT2D eigenvalue weighted by molar-refractivity contribution is 5.76. The summed E-state index contributed by atoms with van der Waals surface area (Å²) in [5.74, 6) is -0.898. The van der Waals surface area contributed by atoms with Crippen molar-refractivity contribution in [3.8, 4) is 12.1 Å². The Balaban J connectivity index is 1.41. The van der Waals surface area contributed by atoms with Gasteiger partial charge in [-0.25, -0.2) is 36.5 Å². The fourth-order valence-corrected chi connectivity index (χ4v) is 4.85. The molecule has 3 atom stereocenters. The molecule has 4 heterocycles. The van der Waals surface area contributed by atoms with Crippen molar-refractivity contribution < 1.29 is 0 Å². The molecule has 0 radical (unpaired) electrons. The van der Waals surface area contributed by atoms with Crippen LogP contribution in [0.25, 0.3) is 37.9 Å². The van der Waals surface area contributed by atoms with Gasteiger partial charge in [0.1, 0.15) is 11.6 Å². The number of imidazole rings is 3. The second kappa shape index (κ2) is 9.94. The monoisotopic (exact) mass is 546 g/mol. The van der Waals surface area contributed by atoms with Crippen LogP contribution in [-0.2, 0) is 0 Å². The van der Waals surface area contributed by atoms with Gasteiger partial charge in [0.15, 0.2) is 29.3 Å². The normalized spacial score (nSPS) is 13.4. The number of rotatable bonds is 6. The van der Waals surface area contributed by atoms with Gasteiger partial charge >= 0.3 is 6.04 Å². The minimum atomic E-state index is -1.05. The summed E-state index contributed by atoms with van der Waals surface area (Å²) in [6, 6.07) is 25.6. The number of fused-ring (bicyclic) bond motifs is 3. The van der Waals surface area contributed by atoms with Gasteiger partial charge in [0.2, 0.25) is 5.82 Å². The van der Waals surface area contributed by atoms with Crippen LogP contribution in [0.3, 0.4) is 0 Å². The van der Waals surface area contributed by atoms with E-state index in [1.807, 2.05) is 72.8 Å². The Morgan fingerprint density at radius 2 is 0.929 bits per heavy atom. The molecule has 4 aromatic heterocycles. The molecular weight excluding hydrogens is 528 g/mol. The number of nitrogens with zero attached hydrogens (tertiary/aromatic N) is 9. The number of aromatic nitrogens is 9. The molecule has 0 aliphatic heterocycles. The SMILES string of the molecule is [C-]#[N+]C(c1nc(C(C#N)c2nc3ccccc3[nH]2)nc(C(C#N)c2nc3ccccc3[nH]2)n1)c1nc2ccccc2[nH]1. The quantitative estimate of drug-likeness (QED) is 0.249. The van der Waals surface area contributed by atoms with Crippen molar-refractivity contribution in [3.05, 3.63) is 119 Å². The van der Waals surface area contributed by atoms with Crippen LogP contribution < -0.4 is 0 Å². The zero-order valence-electron chi connectivity index (χ0n) is 21.7. The van der Waals surface area contributed by atoms with Crippen LogP contribution in [0.15, 0.2) is 72.8 Å². The molecule has 0 saturated carbocycles. The molecule has 0 bridgehead atoms. The van der Waals surface area contributed by atoms with E-state index >= 15 is 0 Å². The number of para-hydroxylation sites is 6. The lowest BCUT2D eigenvalue weighted by Crippen LogP contribution is -2.17. The van der Waals surface area contributed by atoms with Crippen LogP contribution in [0.4, 0.5) is 0 Å². The van der Waals surface area contributed by atoms with Crippen molar-refractivity contribution in [2.45, 2.75) is 17.9 Å². The molecule has 3 aromatic carbocycles. The molecule has 42 heavy (non-hydrogen) atoms. The average molecular weight is 547 g/mol. The van der Waals surface area contributed by atoms with Crippen molar-refractivity contribution >= 4 is 33.1 Å². The van der Waals surface area contributed by atoms with Crippen LogP contribution in [0.2, 0.25) is 0 Å². The molecule has 0 saturated heterocycles. The van der Waals surface area contributed by atoms with E-state index in [1.54, 1.807) is 0 Å². The maximum atomic E-state index is 10.3. The van der Waals surface area contributed by atoms with E-state index in [0.29, 0.717) is 34.0 Å². The topological polar surface area (TPSA) is 177 Å². The first-order chi connectivity index (χ1) is 20.6. The van der Waals surface area contributed by atoms with Crippen LogP contribution >= 0.6 is 0 Å². The van der Waals surface area contributed by atoms with Crippen LogP contribution in [0.5, 0.6) is 0 Å². The number of H-pyrrole nitrogens is 3. The Morgan fingerprint density at radius 3 is 1.33 bits per heavy atom. The maximum absolute atomic E-state index is 10.3. The zero-order chi connectivity index (χ0) is 28.6. The predicted octanol–water partition coefficient (Wildman–Crippen LogP) is 4.82. The Labute approximate surface area is 237 Å². The summed E-state index contributed by atoms with van der Waals surface area (Å²) in [5, 5.41) is 20.6. The van der Waals surface area contributed by atoms with Crippen LogP contribution in [-0.4, -0.2) is 44.9 Å².